The molecule has 0 unspecified atom stereocenters. The monoisotopic (exact) mass is 224 g/mol. The van der Waals surface area contributed by atoms with Crippen molar-refractivity contribution in [2.75, 3.05) is 0 Å². The van der Waals surface area contributed by atoms with Gasteiger partial charge in [-0.2, -0.15) is 13.2 Å². The third kappa shape index (κ3) is 3.64. The van der Waals surface area contributed by atoms with Crippen LogP contribution >= 0.6 is 0 Å². The molecule has 0 heterocycles. The maximum Gasteiger partial charge on any atom is 0.450 e. The average Bonchev–Trinajstić information content (AvgIpc) is 2.14. The molecule has 0 aliphatic rings. The molecule has 2 nitrogen and oxygen atoms in total. The molecule has 0 saturated carbocycles. The maximum atomic E-state index is 11.9. The van der Waals surface area contributed by atoms with E-state index in [1.165, 1.54) is 0 Å². The van der Waals surface area contributed by atoms with Crippen LogP contribution in [0.5, 0.6) is 0 Å². The van der Waals surface area contributed by atoms with Crippen molar-refractivity contribution < 1.29 is 22.8 Å². The Morgan fingerprint density at radius 1 is 1.00 bits per heavy atom. The zero-order chi connectivity index (χ0) is 12.3. The molecule has 0 aromatic rings. The van der Waals surface area contributed by atoms with Gasteiger partial charge in [-0.15, -0.1) is 0 Å². The third-order valence-corrected chi connectivity index (χ3v) is 2.87. The van der Waals surface area contributed by atoms with E-state index in [0.717, 1.165) is 0 Å². The molecule has 0 spiro atoms. The van der Waals surface area contributed by atoms with Crippen LogP contribution in [0.3, 0.4) is 0 Å². The molecule has 0 aromatic heterocycles. The first-order valence-electron chi connectivity index (χ1n) is 4.80. The molecule has 0 saturated heterocycles. The zero-order valence-electron chi connectivity index (χ0n) is 9.07. The van der Waals surface area contributed by atoms with E-state index in [1.54, 1.807) is 20.8 Å². The zero-order valence-corrected chi connectivity index (χ0v) is 9.07. The first-order chi connectivity index (χ1) is 6.67. The molecule has 0 aliphatic carbocycles. The molecule has 15 heavy (non-hydrogen) atoms. The van der Waals surface area contributed by atoms with Gasteiger partial charge in [0.25, 0.3) is 0 Å². The first-order valence-corrected chi connectivity index (χ1v) is 4.80. The molecule has 0 fully saturated rings. The number of alkyl halides is 3. The molecule has 0 radical (unpaired) electrons. The summed E-state index contributed by atoms with van der Waals surface area (Å²) in [6.07, 6.45) is -5.07. The van der Waals surface area contributed by atoms with Crippen molar-refractivity contribution in [3.63, 3.8) is 0 Å². The number of hydrogen-bond acceptors (Lipinski definition) is 2. The predicted octanol–water partition coefficient (Wildman–Crippen LogP) is 2.90. The van der Waals surface area contributed by atoms with E-state index in [2.05, 4.69) is 0 Å². The second kappa shape index (κ2) is 4.77. The SMILES string of the molecule is CCC(C)(CC)C(=O)CC(=O)C(F)(F)F. The highest BCUT2D eigenvalue weighted by atomic mass is 19.4. The van der Waals surface area contributed by atoms with Crippen LogP contribution in [0.25, 0.3) is 0 Å². The Labute approximate surface area is 86.8 Å². The van der Waals surface area contributed by atoms with E-state index in [0.29, 0.717) is 12.8 Å². The van der Waals surface area contributed by atoms with Gasteiger partial charge in [0.15, 0.2) is 0 Å². The number of carbonyl (C=O) groups excluding carboxylic acids is 2. The minimum Gasteiger partial charge on any atom is -0.299 e. The van der Waals surface area contributed by atoms with Crippen LogP contribution < -0.4 is 0 Å². The largest absolute Gasteiger partial charge is 0.450 e. The first kappa shape index (κ1) is 14.1. The normalized spacial score (nSPS) is 12.7. The van der Waals surface area contributed by atoms with Crippen molar-refractivity contribution in [1.29, 1.82) is 0 Å². The molecule has 0 amide bonds. The summed E-state index contributed by atoms with van der Waals surface area (Å²) < 4.78 is 35.7. The number of halogens is 3. The smallest absolute Gasteiger partial charge is 0.299 e. The van der Waals surface area contributed by atoms with Crippen LogP contribution in [-0.4, -0.2) is 17.7 Å². The molecule has 0 bridgehead atoms. The van der Waals surface area contributed by atoms with Crippen molar-refractivity contribution >= 4 is 11.6 Å². The van der Waals surface area contributed by atoms with Gasteiger partial charge in [-0.05, 0) is 12.8 Å². The molecule has 88 valence electrons. The van der Waals surface area contributed by atoms with Crippen molar-refractivity contribution in [1.82, 2.24) is 0 Å². The van der Waals surface area contributed by atoms with Gasteiger partial charge in [0, 0.05) is 5.41 Å². The van der Waals surface area contributed by atoms with E-state index in [-0.39, 0.29) is 0 Å². The quantitative estimate of drug-likeness (QED) is 0.673. The number of hydrogen-bond donors (Lipinski definition) is 0. The minimum atomic E-state index is -4.90. The highest BCUT2D eigenvalue weighted by Gasteiger charge is 2.41. The van der Waals surface area contributed by atoms with Gasteiger partial charge in [0.2, 0.25) is 5.78 Å². The lowest BCUT2D eigenvalue weighted by molar-refractivity contribution is -0.172. The maximum absolute atomic E-state index is 11.9. The summed E-state index contributed by atoms with van der Waals surface area (Å²) >= 11 is 0. The van der Waals surface area contributed by atoms with Crippen LogP contribution in [-0.2, 0) is 9.59 Å². The van der Waals surface area contributed by atoms with Gasteiger partial charge in [-0.3, -0.25) is 9.59 Å². The van der Waals surface area contributed by atoms with Gasteiger partial charge < -0.3 is 0 Å². The van der Waals surface area contributed by atoms with Crippen LogP contribution in [0.2, 0.25) is 0 Å². The molecular weight excluding hydrogens is 209 g/mol. The van der Waals surface area contributed by atoms with Gasteiger partial charge >= 0.3 is 6.18 Å². The fraction of sp³-hybridized carbons (Fsp3) is 0.800. The van der Waals surface area contributed by atoms with E-state index < -0.39 is 29.6 Å². The second-order valence-corrected chi connectivity index (χ2v) is 3.79. The van der Waals surface area contributed by atoms with E-state index >= 15 is 0 Å². The van der Waals surface area contributed by atoms with E-state index in [4.69, 9.17) is 0 Å². The topological polar surface area (TPSA) is 34.1 Å². The van der Waals surface area contributed by atoms with Crippen LogP contribution in [0, 0.1) is 5.41 Å². The van der Waals surface area contributed by atoms with Gasteiger partial charge in [-0.1, -0.05) is 20.8 Å². The predicted molar refractivity (Wildman–Crippen MR) is 49.4 cm³/mol. The highest BCUT2D eigenvalue weighted by Crippen LogP contribution is 2.29. The summed E-state index contributed by atoms with van der Waals surface area (Å²) in [4.78, 5) is 22.1. The van der Waals surface area contributed by atoms with Crippen molar-refractivity contribution in [3.05, 3.63) is 0 Å². The Bertz CT molecular complexity index is 252. The summed E-state index contributed by atoms with van der Waals surface area (Å²) in [5.41, 5.74) is -0.819. The molecule has 5 heteroatoms. The lowest BCUT2D eigenvalue weighted by atomic mass is 9.78. The Balaban J connectivity index is 4.57. The Hall–Kier alpha value is -0.870. The van der Waals surface area contributed by atoms with E-state index in [9.17, 15) is 22.8 Å². The van der Waals surface area contributed by atoms with Crippen LogP contribution in [0.4, 0.5) is 13.2 Å². The highest BCUT2D eigenvalue weighted by molar-refractivity contribution is 6.03. The molecular formula is C10H15F3O2. The van der Waals surface area contributed by atoms with Crippen molar-refractivity contribution in [3.8, 4) is 0 Å². The van der Waals surface area contributed by atoms with Gasteiger partial charge in [-0.25, -0.2) is 0 Å². The van der Waals surface area contributed by atoms with E-state index in [1.807, 2.05) is 0 Å². The summed E-state index contributed by atoms with van der Waals surface area (Å²) in [5.74, 6) is -2.59. The summed E-state index contributed by atoms with van der Waals surface area (Å²) in [7, 11) is 0. The molecule has 0 rings (SSSR count). The average molecular weight is 224 g/mol. The van der Waals surface area contributed by atoms with Crippen LogP contribution in [0.1, 0.15) is 40.0 Å². The minimum absolute atomic E-state index is 0.438. The van der Waals surface area contributed by atoms with Crippen molar-refractivity contribution in [2.24, 2.45) is 5.41 Å². The number of carbonyl (C=O) groups is 2. The van der Waals surface area contributed by atoms with Crippen LogP contribution in [0.15, 0.2) is 0 Å². The molecule has 0 aliphatic heterocycles. The lowest BCUT2D eigenvalue weighted by Gasteiger charge is -2.24. The Kier molecular flexibility index (Phi) is 4.49. The molecule has 0 atom stereocenters. The van der Waals surface area contributed by atoms with Gasteiger partial charge in [0.1, 0.15) is 5.78 Å². The van der Waals surface area contributed by atoms with Gasteiger partial charge in [0.05, 0.1) is 6.42 Å². The van der Waals surface area contributed by atoms with Crippen molar-refractivity contribution in [2.45, 2.75) is 46.2 Å². The number of Topliss-reactive ketones (excluding diaryl/α,β-unsaturated/α-hetero) is 2. The third-order valence-electron chi connectivity index (χ3n) is 2.87. The molecule has 0 N–H and O–H groups in total. The standard InChI is InChI=1S/C10H15F3O2/c1-4-9(3,5-2)7(14)6-8(15)10(11,12)13/h4-6H2,1-3H3. The molecule has 0 aromatic carbocycles. The number of rotatable bonds is 5. The second-order valence-electron chi connectivity index (χ2n) is 3.79. The summed E-state index contributed by atoms with van der Waals surface area (Å²) in [6, 6.07) is 0. The Morgan fingerprint density at radius 2 is 1.40 bits per heavy atom. The Morgan fingerprint density at radius 3 is 1.67 bits per heavy atom. The summed E-state index contributed by atoms with van der Waals surface area (Å²) in [6.45, 7) is 5.03. The lowest BCUT2D eigenvalue weighted by Crippen LogP contribution is -2.33. The fourth-order valence-corrected chi connectivity index (χ4v) is 1.10. The summed E-state index contributed by atoms with van der Waals surface area (Å²) in [5, 5.41) is 0. The number of ketones is 2. The fourth-order valence-electron chi connectivity index (χ4n) is 1.10.